The van der Waals surface area contributed by atoms with E-state index < -0.39 is 11.7 Å². The third-order valence-electron chi connectivity index (χ3n) is 2.95. The Kier molecular flexibility index (Phi) is 4.52. The molecule has 1 fully saturated rings. The molecule has 0 radical (unpaired) electrons. The summed E-state index contributed by atoms with van der Waals surface area (Å²) in [7, 11) is 0. The summed E-state index contributed by atoms with van der Waals surface area (Å²) in [5, 5.41) is 2.90. The van der Waals surface area contributed by atoms with Gasteiger partial charge in [0, 0.05) is 19.3 Å². The van der Waals surface area contributed by atoms with Gasteiger partial charge in [0.1, 0.15) is 5.82 Å². The Morgan fingerprint density at radius 2 is 2.26 bits per heavy atom. The molecule has 1 unspecified atom stereocenters. The van der Waals surface area contributed by atoms with E-state index in [1.165, 1.54) is 0 Å². The topological polar surface area (TPSA) is 34.2 Å². The molecule has 0 spiro atoms. The van der Waals surface area contributed by atoms with E-state index in [0.29, 0.717) is 6.54 Å². The second-order valence-corrected chi connectivity index (χ2v) is 4.81. The van der Waals surface area contributed by atoms with Crippen LogP contribution in [0.4, 0.5) is 19.0 Å². The third kappa shape index (κ3) is 3.98. The van der Waals surface area contributed by atoms with E-state index in [2.05, 4.69) is 10.3 Å². The second kappa shape index (κ2) is 5.96. The highest BCUT2D eigenvalue weighted by Gasteiger charge is 2.31. The number of hydrogen-bond donors (Lipinski definition) is 1. The molecule has 1 aromatic heterocycles. The van der Waals surface area contributed by atoms with Crippen LogP contribution < -0.4 is 5.32 Å². The molecule has 106 valence electrons. The molecule has 1 aliphatic heterocycles. The Balaban J connectivity index is 1.90. The van der Waals surface area contributed by atoms with Gasteiger partial charge in [0.15, 0.2) is 0 Å². The SMILES string of the molecule is FC(F)(F)c1cnc(NCCC2CCCO2)c(Cl)c1. The van der Waals surface area contributed by atoms with E-state index in [4.69, 9.17) is 16.3 Å². The zero-order valence-corrected chi connectivity index (χ0v) is 10.9. The molecule has 0 saturated carbocycles. The monoisotopic (exact) mass is 294 g/mol. The smallest absolute Gasteiger partial charge is 0.378 e. The molecule has 0 amide bonds. The largest absolute Gasteiger partial charge is 0.417 e. The van der Waals surface area contributed by atoms with Crippen molar-refractivity contribution in [3.63, 3.8) is 0 Å². The van der Waals surface area contributed by atoms with Crippen molar-refractivity contribution in [2.24, 2.45) is 0 Å². The molecule has 0 aromatic carbocycles. The number of rotatable bonds is 4. The Labute approximate surface area is 114 Å². The first-order chi connectivity index (χ1) is 8.97. The molecule has 0 bridgehead atoms. The lowest BCUT2D eigenvalue weighted by Gasteiger charge is -2.12. The highest BCUT2D eigenvalue weighted by molar-refractivity contribution is 6.32. The van der Waals surface area contributed by atoms with Crippen LogP contribution in [0.2, 0.25) is 5.02 Å². The fourth-order valence-electron chi connectivity index (χ4n) is 1.95. The number of anilines is 1. The predicted molar refractivity (Wildman–Crippen MR) is 66.3 cm³/mol. The van der Waals surface area contributed by atoms with E-state index in [-0.39, 0.29) is 16.9 Å². The summed E-state index contributed by atoms with van der Waals surface area (Å²) < 4.78 is 42.7. The van der Waals surface area contributed by atoms with Crippen molar-refractivity contribution in [2.45, 2.75) is 31.5 Å². The summed E-state index contributed by atoms with van der Waals surface area (Å²) in [6, 6.07) is 0.878. The molecule has 0 aliphatic carbocycles. The van der Waals surface area contributed by atoms with Gasteiger partial charge in [0.05, 0.1) is 16.7 Å². The fraction of sp³-hybridized carbons (Fsp3) is 0.583. The van der Waals surface area contributed by atoms with E-state index in [1.807, 2.05) is 0 Å². The summed E-state index contributed by atoms with van der Waals surface area (Å²) in [5.41, 5.74) is -0.845. The van der Waals surface area contributed by atoms with Crippen molar-refractivity contribution in [3.05, 3.63) is 22.8 Å². The number of ether oxygens (including phenoxy) is 1. The van der Waals surface area contributed by atoms with Crippen LogP contribution in [0.5, 0.6) is 0 Å². The van der Waals surface area contributed by atoms with Gasteiger partial charge in [-0.1, -0.05) is 11.6 Å². The molecule has 1 atom stereocenters. The number of hydrogen-bond acceptors (Lipinski definition) is 3. The van der Waals surface area contributed by atoms with Gasteiger partial charge < -0.3 is 10.1 Å². The molecule has 1 aliphatic rings. The van der Waals surface area contributed by atoms with Crippen LogP contribution in [0.3, 0.4) is 0 Å². The van der Waals surface area contributed by atoms with Crippen molar-refractivity contribution in [2.75, 3.05) is 18.5 Å². The normalized spacial score (nSPS) is 19.7. The van der Waals surface area contributed by atoms with Gasteiger partial charge in [-0.25, -0.2) is 4.98 Å². The fourth-order valence-corrected chi connectivity index (χ4v) is 2.18. The number of nitrogens with one attached hydrogen (secondary N) is 1. The van der Waals surface area contributed by atoms with Crippen molar-refractivity contribution in [1.82, 2.24) is 4.98 Å². The lowest BCUT2D eigenvalue weighted by atomic mass is 10.2. The molecular weight excluding hydrogens is 281 g/mol. The lowest BCUT2D eigenvalue weighted by molar-refractivity contribution is -0.137. The number of nitrogens with zero attached hydrogens (tertiary/aromatic N) is 1. The molecular formula is C12H14ClF3N2O. The summed E-state index contributed by atoms with van der Waals surface area (Å²) >= 11 is 5.77. The Bertz CT molecular complexity index is 433. The van der Waals surface area contributed by atoms with Crippen LogP contribution in [0.1, 0.15) is 24.8 Å². The average molecular weight is 295 g/mol. The summed E-state index contributed by atoms with van der Waals surface area (Å²) in [4.78, 5) is 3.70. The number of pyridine rings is 1. The van der Waals surface area contributed by atoms with Gasteiger partial charge in [-0.15, -0.1) is 0 Å². The quantitative estimate of drug-likeness (QED) is 0.918. The van der Waals surface area contributed by atoms with Gasteiger partial charge in [0.2, 0.25) is 0 Å². The summed E-state index contributed by atoms with van der Waals surface area (Å²) in [5.74, 6) is 0.271. The van der Waals surface area contributed by atoms with Gasteiger partial charge >= 0.3 is 6.18 Å². The maximum atomic E-state index is 12.4. The van der Waals surface area contributed by atoms with Crippen LogP contribution in [0.15, 0.2) is 12.3 Å². The van der Waals surface area contributed by atoms with Crippen molar-refractivity contribution < 1.29 is 17.9 Å². The van der Waals surface area contributed by atoms with Crippen molar-refractivity contribution in [1.29, 1.82) is 0 Å². The van der Waals surface area contributed by atoms with Crippen LogP contribution in [-0.2, 0) is 10.9 Å². The van der Waals surface area contributed by atoms with Crippen LogP contribution in [0, 0.1) is 0 Å². The maximum Gasteiger partial charge on any atom is 0.417 e. The highest BCUT2D eigenvalue weighted by atomic mass is 35.5. The van der Waals surface area contributed by atoms with Gasteiger partial charge in [0.25, 0.3) is 0 Å². The molecule has 3 nitrogen and oxygen atoms in total. The first-order valence-corrected chi connectivity index (χ1v) is 6.43. The number of aromatic nitrogens is 1. The Morgan fingerprint density at radius 3 is 2.84 bits per heavy atom. The molecule has 7 heteroatoms. The van der Waals surface area contributed by atoms with Gasteiger partial charge in [-0.05, 0) is 25.3 Å². The minimum Gasteiger partial charge on any atom is -0.378 e. The minimum atomic E-state index is -4.42. The number of alkyl halides is 3. The second-order valence-electron chi connectivity index (χ2n) is 4.40. The van der Waals surface area contributed by atoms with E-state index >= 15 is 0 Å². The summed E-state index contributed by atoms with van der Waals surface area (Å²) in [6.07, 6.45) is -0.549. The standard InChI is InChI=1S/C12H14ClF3N2O/c13-10-6-8(12(14,15)16)7-18-11(10)17-4-3-9-2-1-5-19-9/h6-7,9H,1-5H2,(H,17,18). The van der Waals surface area contributed by atoms with Crippen LogP contribution in [-0.4, -0.2) is 24.2 Å². The molecule has 1 aromatic rings. The number of halogens is 4. The summed E-state index contributed by atoms with van der Waals surface area (Å²) in [6.45, 7) is 1.35. The van der Waals surface area contributed by atoms with Crippen LogP contribution >= 0.6 is 11.6 Å². The molecule has 1 N–H and O–H groups in total. The van der Waals surface area contributed by atoms with Crippen LogP contribution in [0.25, 0.3) is 0 Å². The van der Waals surface area contributed by atoms with E-state index in [0.717, 1.165) is 38.1 Å². The van der Waals surface area contributed by atoms with Gasteiger partial charge in [-0.3, -0.25) is 0 Å². The zero-order chi connectivity index (χ0) is 13.9. The molecule has 1 saturated heterocycles. The highest BCUT2D eigenvalue weighted by Crippen LogP contribution is 2.32. The first-order valence-electron chi connectivity index (χ1n) is 6.05. The van der Waals surface area contributed by atoms with E-state index in [9.17, 15) is 13.2 Å². The predicted octanol–water partition coefficient (Wildman–Crippen LogP) is 3.73. The lowest BCUT2D eigenvalue weighted by Crippen LogP contribution is -2.14. The molecule has 2 heterocycles. The Hall–Kier alpha value is -1.01. The average Bonchev–Trinajstić information content (AvgIpc) is 2.83. The van der Waals surface area contributed by atoms with Crippen molar-refractivity contribution in [3.8, 4) is 0 Å². The maximum absolute atomic E-state index is 12.4. The molecule has 19 heavy (non-hydrogen) atoms. The van der Waals surface area contributed by atoms with E-state index in [1.54, 1.807) is 0 Å². The van der Waals surface area contributed by atoms with Gasteiger partial charge in [-0.2, -0.15) is 13.2 Å². The Morgan fingerprint density at radius 1 is 1.47 bits per heavy atom. The minimum absolute atomic E-state index is 0.0258. The third-order valence-corrected chi connectivity index (χ3v) is 3.24. The van der Waals surface area contributed by atoms with Crippen molar-refractivity contribution >= 4 is 17.4 Å². The molecule has 2 rings (SSSR count). The zero-order valence-electron chi connectivity index (χ0n) is 10.1. The first kappa shape index (κ1) is 14.4.